The summed E-state index contributed by atoms with van der Waals surface area (Å²) in [7, 11) is 0. The van der Waals surface area contributed by atoms with Crippen molar-refractivity contribution in [1.29, 1.82) is 0 Å². The second-order valence-corrected chi connectivity index (χ2v) is 3.93. The molecule has 3 nitrogen and oxygen atoms in total. The number of carbonyl (C=O) groups is 1. The van der Waals surface area contributed by atoms with Gasteiger partial charge in [-0.3, -0.25) is 4.98 Å². The van der Waals surface area contributed by atoms with E-state index < -0.39 is 23.5 Å². The number of benzene rings is 1. The van der Waals surface area contributed by atoms with Gasteiger partial charge in [0.05, 0.1) is 16.8 Å². The lowest BCUT2D eigenvalue weighted by molar-refractivity contribution is -0.139. The summed E-state index contributed by atoms with van der Waals surface area (Å²) < 4.78 is 50.9. The average molecular weight is 285 g/mol. The molecule has 0 aliphatic rings. The van der Waals surface area contributed by atoms with E-state index in [1.54, 1.807) is 0 Å². The molecule has 20 heavy (non-hydrogen) atoms. The van der Waals surface area contributed by atoms with Crippen molar-refractivity contribution in [2.24, 2.45) is 0 Å². The summed E-state index contributed by atoms with van der Waals surface area (Å²) in [4.78, 5) is 14.4. The molecule has 0 aliphatic carbocycles. The van der Waals surface area contributed by atoms with Crippen LogP contribution in [-0.4, -0.2) is 16.1 Å². The van der Waals surface area contributed by atoms with Crippen LogP contribution in [0.25, 0.3) is 11.3 Å². The molecule has 1 aromatic carbocycles. The zero-order valence-electron chi connectivity index (χ0n) is 9.78. The molecule has 0 fully saturated rings. The van der Waals surface area contributed by atoms with Crippen LogP contribution in [0.1, 0.15) is 15.9 Å². The Morgan fingerprint density at radius 1 is 1.15 bits per heavy atom. The second-order valence-electron chi connectivity index (χ2n) is 3.93. The van der Waals surface area contributed by atoms with E-state index in [1.807, 2.05) is 0 Å². The molecule has 1 heterocycles. The summed E-state index contributed by atoms with van der Waals surface area (Å²) in [6.45, 7) is 0. The third kappa shape index (κ3) is 2.76. The van der Waals surface area contributed by atoms with E-state index in [2.05, 4.69) is 4.98 Å². The lowest BCUT2D eigenvalue weighted by Crippen LogP contribution is -2.08. The first-order valence-electron chi connectivity index (χ1n) is 5.35. The third-order valence-corrected chi connectivity index (χ3v) is 2.58. The molecule has 0 amide bonds. The van der Waals surface area contributed by atoms with Gasteiger partial charge >= 0.3 is 12.1 Å². The normalized spacial score (nSPS) is 11.4. The van der Waals surface area contributed by atoms with Crippen LogP contribution in [0.15, 0.2) is 36.5 Å². The molecule has 0 unspecified atom stereocenters. The van der Waals surface area contributed by atoms with Crippen LogP contribution in [-0.2, 0) is 6.18 Å². The molecule has 0 aliphatic heterocycles. The van der Waals surface area contributed by atoms with Crippen molar-refractivity contribution in [2.75, 3.05) is 0 Å². The molecule has 0 atom stereocenters. The molecule has 0 spiro atoms. The quantitative estimate of drug-likeness (QED) is 0.858. The van der Waals surface area contributed by atoms with Crippen molar-refractivity contribution in [1.82, 2.24) is 4.98 Å². The Balaban J connectivity index is 2.45. The van der Waals surface area contributed by atoms with E-state index in [9.17, 15) is 22.4 Å². The Morgan fingerprint density at radius 2 is 1.85 bits per heavy atom. The highest BCUT2D eigenvalue weighted by molar-refractivity contribution is 5.87. The number of carboxylic acids is 1. The first kappa shape index (κ1) is 14.0. The molecule has 7 heteroatoms. The lowest BCUT2D eigenvalue weighted by Gasteiger charge is -2.10. The largest absolute Gasteiger partial charge is 0.478 e. The average Bonchev–Trinajstić information content (AvgIpc) is 2.38. The molecule has 1 aromatic heterocycles. The van der Waals surface area contributed by atoms with Crippen LogP contribution in [0.2, 0.25) is 0 Å². The topological polar surface area (TPSA) is 50.2 Å². The van der Waals surface area contributed by atoms with Crippen molar-refractivity contribution in [3.63, 3.8) is 0 Å². The van der Waals surface area contributed by atoms with Gasteiger partial charge in [-0.25, -0.2) is 9.18 Å². The fourth-order valence-corrected chi connectivity index (χ4v) is 1.59. The van der Waals surface area contributed by atoms with E-state index in [-0.39, 0.29) is 16.8 Å². The molecule has 0 saturated heterocycles. The van der Waals surface area contributed by atoms with Crippen LogP contribution in [0, 0.1) is 5.82 Å². The predicted octanol–water partition coefficient (Wildman–Crippen LogP) is 3.60. The molecule has 2 aromatic rings. The number of pyridine rings is 1. The van der Waals surface area contributed by atoms with Gasteiger partial charge < -0.3 is 5.11 Å². The minimum absolute atomic E-state index is 0.0515. The minimum Gasteiger partial charge on any atom is -0.478 e. The number of hydrogen-bond acceptors (Lipinski definition) is 2. The summed E-state index contributed by atoms with van der Waals surface area (Å²) >= 11 is 0. The zero-order valence-corrected chi connectivity index (χ0v) is 9.78. The van der Waals surface area contributed by atoms with E-state index >= 15 is 0 Å². The number of nitrogens with zero attached hydrogens (tertiary/aromatic N) is 1. The van der Waals surface area contributed by atoms with Gasteiger partial charge in [0.25, 0.3) is 0 Å². The summed E-state index contributed by atoms with van der Waals surface area (Å²) in [5, 5.41) is 8.70. The summed E-state index contributed by atoms with van der Waals surface area (Å²) in [6.07, 6.45) is -3.78. The van der Waals surface area contributed by atoms with E-state index in [0.717, 1.165) is 12.3 Å². The van der Waals surface area contributed by atoms with Crippen LogP contribution in [0.5, 0.6) is 0 Å². The Labute approximate surface area is 110 Å². The number of halogens is 4. The van der Waals surface area contributed by atoms with E-state index in [4.69, 9.17) is 5.11 Å². The van der Waals surface area contributed by atoms with Gasteiger partial charge in [-0.05, 0) is 30.3 Å². The van der Waals surface area contributed by atoms with Gasteiger partial charge in [0.2, 0.25) is 0 Å². The Hall–Kier alpha value is -2.44. The highest BCUT2D eigenvalue weighted by Gasteiger charge is 2.34. The number of hydrogen-bond donors (Lipinski definition) is 1. The van der Waals surface area contributed by atoms with Crippen LogP contribution in [0.3, 0.4) is 0 Å². The van der Waals surface area contributed by atoms with Gasteiger partial charge in [-0.2, -0.15) is 13.2 Å². The minimum atomic E-state index is -4.80. The SMILES string of the molecule is O=C(O)c1ccc(-c2ccc(F)c(C(F)(F)F)c2)nc1. The Morgan fingerprint density at radius 3 is 2.35 bits per heavy atom. The third-order valence-electron chi connectivity index (χ3n) is 2.58. The zero-order chi connectivity index (χ0) is 14.9. The maximum Gasteiger partial charge on any atom is 0.419 e. The summed E-state index contributed by atoms with van der Waals surface area (Å²) in [6, 6.07) is 4.95. The van der Waals surface area contributed by atoms with E-state index in [0.29, 0.717) is 12.1 Å². The van der Waals surface area contributed by atoms with Gasteiger partial charge in [-0.1, -0.05) is 0 Å². The summed E-state index contributed by atoms with van der Waals surface area (Å²) in [5.74, 6) is -2.57. The van der Waals surface area contributed by atoms with Gasteiger partial charge in [0.1, 0.15) is 5.82 Å². The fraction of sp³-hybridized carbons (Fsp3) is 0.0769. The molecule has 104 valence electrons. The van der Waals surface area contributed by atoms with Crippen molar-refractivity contribution in [3.05, 3.63) is 53.5 Å². The first-order chi connectivity index (χ1) is 9.29. The monoisotopic (exact) mass is 285 g/mol. The number of aromatic nitrogens is 1. The number of alkyl halides is 3. The predicted molar refractivity (Wildman–Crippen MR) is 61.6 cm³/mol. The molecular formula is C13H7F4NO2. The highest BCUT2D eigenvalue weighted by atomic mass is 19.4. The van der Waals surface area contributed by atoms with Crippen LogP contribution in [0.4, 0.5) is 17.6 Å². The van der Waals surface area contributed by atoms with Crippen LogP contribution < -0.4 is 0 Å². The maximum atomic E-state index is 13.1. The lowest BCUT2D eigenvalue weighted by atomic mass is 10.1. The van der Waals surface area contributed by atoms with Gasteiger partial charge in [0, 0.05) is 11.8 Å². The van der Waals surface area contributed by atoms with Crippen LogP contribution >= 0.6 is 0 Å². The standard InChI is InChI=1S/C13H7F4NO2/c14-10-3-1-7(5-9(10)13(15,16)17)11-4-2-8(6-18-11)12(19)20/h1-6H,(H,19,20). The first-order valence-corrected chi connectivity index (χ1v) is 5.35. The fourth-order valence-electron chi connectivity index (χ4n) is 1.59. The Bertz CT molecular complexity index is 650. The second kappa shape index (κ2) is 4.92. The van der Waals surface area contributed by atoms with Crippen molar-refractivity contribution in [2.45, 2.75) is 6.18 Å². The summed E-state index contributed by atoms with van der Waals surface area (Å²) in [5.41, 5.74) is -1.30. The smallest absolute Gasteiger partial charge is 0.419 e. The number of aromatic carboxylic acids is 1. The van der Waals surface area contributed by atoms with Crippen molar-refractivity contribution >= 4 is 5.97 Å². The molecule has 0 bridgehead atoms. The highest BCUT2D eigenvalue weighted by Crippen LogP contribution is 2.33. The number of carboxylic acid groups (broad SMARTS) is 1. The van der Waals surface area contributed by atoms with Gasteiger partial charge in [0.15, 0.2) is 0 Å². The van der Waals surface area contributed by atoms with Crippen molar-refractivity contribution < 1.29 is 27.5 Å². The molecule has 0 saturated carbocycles. The number of rotatable bonds is 2. The molecular weight excluding hydrogens is 278 g/mol. The molecule has 1 N–H and O–H groups in total. The Kier molecular flexibility index (Phi) is 3.44. The van der Waals surface area contributed by atoms with E-state index in [1.165, 1.54) is 12.1 Å². The van der Waals surface area contributed by atoms with Gasteiger partial charge in [-0.15, -0.1) is 0 Å². The molecule has 0 radical (unpaired) electrons. The maximum absolute atomic E-state index is 13.1. The van der Waals surface area contributed by atoms with Crippen molar-refractivity contribution in [3.8, 4) is 11.3 Å². The molecule has 2 rings (SSSR count).